The highest BCUT2D eigenvalue weighted by atomic mass is 19.1. The zero-order chi connectivity index (χ0) is 8.32. The van der Waals surface area contributed by atoms with Gasteiger partial charge in [-0.25, -0.2) is 0 Å². The van der Waals surface area contributed by atoms with Crippen LogP contribution in [0.25, 0.3) is 0 Å². The third-order valence-electron chi connectivity index (χ3n) is 2.23. The van der Waals surface area contributed by atoms with Crippen LogP contribution in [0.2, 0.25) is 0 Å². The van der Waals surface area contributed by atoms with E-state index in [0.717, 1.165) is 0 Å². The summed E-state index contributed by atoms with van der Waals surface area (Å²) in [4.78, 5) is 0. The van der Waals surface area contributed by atoms with Crippen molar-refractivity contribution in [2.75, 3.05) is 26.5 Å². The third-order valence-corrected chi connectivity index (χ3v) is 2.23. The molecule has 1 fully saturated rings. The summed E-state index contributed by atoms with van der Waals surface area (Å²) >= 11 is 0. The molecule has 4 heteroatoms. The van der Waals surface area contributed by atoms with Gasteiger partial charge in [0, 0.05) is 18.0 Å². The maximum absolute atomic E-state index is 12.3. The number of alkyl halides is 2. The minimum absolute atomic E-state index is 0.0399. The van der Waals surface area contributed by atoms with Crippen molar-refractivity contribution < 1.29 is 13.9 Å². The summed E-state index contributed by atoms with van der Waals surface area (Å²) in [7, 11) is 0. The largest absolute Gasteiger partial charge is 0.395 e. The van der Waals surface area contributed by atoms with Gasteiger partial charge < -0.3 is 10.4 Å². The van der Waals surface area contributed by atoms with E-state index >= 15 is 0 Å². The van der Waals surface area contributed by atoms with Crippen LogP contribution in [0.4, 0.5) is 8.78 Å². The van der Waals surface area contributed by atoms with Crippen molar-refractivity contribution in [3.8, 4) is 0 Å². The average Bonchev–Trinajstić information content (AvgIpc) is 2.49. The summed E-state index contributed by atoms with van der Waals surface area (Å²) < 4.78 is 24.6. The molecule has 2 N–H and O–H groups in total. The lowest BCUT2D eigenvalue weighted by Gasteiger charge is -2.19. The van der Waals surface area contributed by atoms with Gasteiger partial charge in [0.15, 0.2) is 0 Å². The molecule has 0 aliphatic carbocycles. The molecule has 0 radical (unpaired) electrons. The SMILES string of the molecule is OC[C@@H]1CC(CF)(CF)CN1. The van der Waals surface area contributed by atoms with Gasteiger partial charge in [-0.3, -0.25) is 8.78 Å². The zero-order valence-electron chi connectivity index (χ0n) is 6.32. The molecule has 0 aromatic rings. The molecular formula is C7H13F2NO. The molecule has 1 heterocycles. The van der Waals surface area contributed by atoms with Crippen molar-refractivity contribution in [1.29, 1.82) is 0 Å². The molecule has 0 aromatic carbocycles. The Kier molecular flexibility index (Phi) is 2.78. The molecule has 0 aromatic heterocycles. The van der Waals surface area contributed by atoms with E-state index in [2.05, 4.69) is 5.32 Å². The van der Waals surface area contributed by atoms with Crippen LogP contribution >= 0.6 is 0 Å². The molecule has 2 nitrogen and oxygen atoms in total. The summed E-state index contributed by atoms with van der Waals surface area (Å²) in [5, 5.41) is 11.6. The van der Waals surface area contributed by atoms with Crippen LogP contribution in [0.3, 0.4) is 0 Å². The Labute approximate surface area is 64.6 Å². The Morgan fingerprint density at radius 1 is 1.45 bits per heavy atom. The van der Waals surface area contributed by atoms with E-state index in [0.29, 0.717) is 13.0 Å². The first-order valence-corrected chi connectivity index (χ1v) is 3.72. The van der Waals surface area contributed by atoms with Gasteiger partial charge in [0.05, 0.1) is 20.0 Å². The van der Waals surface area contributed by atoms with Crippen LogP contribution in [-0.4, -0.2) is 37.6 Å². The molecular weight excluding hydrogens is 152 g/mol. The van der Waals surface area contributed by atoms with E-state index in [1.165, 1.54) is 0 Å². The van der Waals surface area contributed by atoms with Crippen molar-refractivity contribution in [3.05, 3.63) is 0 Å². The Bertz CT molecular complexity index is 128. The molecule has 11 heavy (non-hydrogen) atoms. The van der Waals surface area contributed by atoms with Gasteiger partial charge >= 0.3 is 0 Å². The first kappa shape index (κ1) is 8.87. The summed E-state index contributed by atoms with van der Waals surface area (Å²) in [6, 6.07) is -0.124. The minimum atomic E-state index is -0.854. The number of rotatable bonds is 3. The van der Waals surface area contributed by atoms with Crippen molar-refractivity contribution in [3.63, 3.8) is 0 Å². The Balaban J connectivity index is 2.48. The molecule has 0 unspecified atom stereocenters. The molecule has 66 valence electrons. The smallest absolute Gasteiger partial charge is 0.0988 e. The Morgan fingerprint density at radius 3 is 2.36 bits per heavy atom. The quantitative estimate of drug-likeness (QED) is 0.629. The standard InChI is InChI=1S/C7H13F2NO/c8-3-7(4-9)1-6(2-11)10-5-7/h6,10-11H,1-5H2/t6-/m0/s1. The molecule has 0 amide bonds. The fourth-order valence-electron chi connectivity index (χ4n) is 1.40. The van der Waals surface area contributed by atoms with Crippen LogP contribution < -0.4 is 5.32 Å². The van der Waals surface area contributed by atoms with Crippen molar-refractivity contribution in [2.45, 2.75) is 12.5 Å². The van der Waals surface area contributed by atoms with Crippen molar-refractivity contribution in [2.24, 2.45) is 5.41 Å². The van der Waals surface area contributed by atoms with E-state index in [-0.39, 0.29) is 12.6 Å². The lowest BCUT2D eigenvalue weighted by Crippen LogP contribution is -2.28. The van der Waals surface area contributed by atoms with Gasteiger partial charge in [-0.2, -0.15) is 0 Å². The van der Waals surface area contributed by atoms with E-state index in [9.17, 15) is 8.78 Å². The summed E-state index contributed by atoms with van der Waals surface area (Å²) in [6.07, 6.45) is 0.399. The predicted octanol–water partition coefficient (Wildman–Crippen LogP) is 0.266. The van der Waals surface area contributed by atoms with Gasteiger partial charge in [-0.1, -0.05) is 0 Å². The van der Waals surface area contributed by atoms with Crippen molar-refractivity contribution >= 4 is 0 Å². The van der Waals surface area contributed by atoms with Gasteiger partial charge in [-0.05, 0) is 6.42 Å². The van der Waals surface area contributed by atoms with Gasteiger partial charge in [0.2, 0.25) is 0 Å². The van der Waals surface area contributed by atoms with Gasteiger partial charge in [-0.15, -0.1) is 0 Å². The predicted molar refractivity (Wildman–Crippen MR) is 37.9 cm³/mol. The molecule has 0 bridgehead atoms. The minimum Gasteiger partial charge on any atom is -0.395 e. The van der Waals surface area contributed by atoms with Crippen LogP contribution in [0, 0.1) is 5.41 Å². The second kappa shape index (κ2) is 3.45. The molecule has 1 aliphatic rings. The van der Waals surface area contributed by atoms with Crippen LogP contribution in [0.5, 0.6) is 0 Å². The summed E-state index contributed by atoms with van der Waals surface area (Å²) in [5.74, 6) is 0. The maximum atomic E-state index is 12.3. The van der Waals surface area contributed by atoms with Crippen LogP contribution in [0.15, 0.2) is 0 Å². The fraction of sp³-hybridized carbons (Fsp3) is 1.00. The molecule has 1 saturated heterocycles. The molecule has 1 rings (SSSR count). The van der Waals surface area contributed by atoms with E-state index < -0.39 is 18.8 Å². The van der Waals surface area contributed by atoms with Crippen LogP contribution in [-0.2, 0) is 0 Å². The second-order valence-electron chi connectivity index (χ2n) is 3.23. The lowest BCUT2D eigenvalue weighted by atomic mass is 9.89. The lowest BCUT2D eigenvalue weighted by molar-refractivity contribution is 0.164. The monoisotopic (exact) mass is 165 g/mol. The molecule has 1 aliphatic heterocycles. The normalized spacial score (nSPS) is 29.2. The number of aliphatic hydroxyl groups is 1. The first-order chi connectivity index (χ1) is 5.26. The zero-order valence-corrected chi connectivity index (χ0v) is 6.32. The van der Waals surface area contributed by atoms with Crippen molar-refractivity contribution in [1.82, 2.24) is 5.32 Å². The fourth-order valence-corrected chi connectivity index (χ4v) is 1.40. The number of hydrogen-bond acceptors (Lipinski definition) is 2. The molecule has 0 saturated carbocycles. The average molecular weight is 165 g/mol. The van der Waals surface area contributed by atoms with E-state index in [4.69, 9.17) is 5.11 Å². The highest BCUT2D eigenvalue weighted by molar-refractivity contribution is 4.92. The highest BCUT2D eigenvalue weighted by Crippen LogP contribution is 2.29. The topological polar surface area (TPSA) is 32.3 Å². The number of nitrogens with one attached hydrogen (secondary N) is 1. The summed E-state index contributed by atoms with van der Waals surface area (Å²) in [5.41, 5.74) is -0.854. The first-order valence-electron chi connectivity index (χ1n) is 3.72. The second-order valence-corrected chi connectivity index (χ2v) is 3.23. The highest BCUT2D eigenvalue weighted by Gasteiger charge is 2.38. The molecule has 1 atom stereocenters. The van der Waals surface area contributed by atoms with Gasteiger partial charge in [0.1, 0.15) is 0 Å². The number of hydrogen-bond donors (Lipinski definition) is 2. The Hall–Kier alpha value is -0.220. The van der Waals surface area contributed by atoms with Gasteiger partial charge in [0.25, 0.3) is 0 Å². The van der Waals surface area contributed by atoms with E-state index in [1.807, 2.05) is 0 Å². The number of halogens is 2. The van der Waals surface area contributed by atoms with Crippen LogP contribution in [0.1, 0.15) is 6.42 Å². The number of aliphatic hydroxyl groups excluding tert-OH is 1. The maximum Gasteiger partial charge on any atom is 0.0988 e. The third kappa shape index (κ3) is 1.68. The summed E-state index contributed by atoms with van der Waals surface area (Å²) in [6.45, 7) is -0.993. The Morgan fingerprint density at radius 2 is 2.09 bits per heavy atom. The van der Waals surface area contributed by atoms with E-state index in [1.54, 1.807) is 0 Å². The molecule has 0 spiro atoms.